The largest absolute Gasteiger partial charge is 0.450 e. The highest BCUT2D eigenvalue weighted by Gasteiger charge is 2.30. The molecule has 3 rings (SSSR count). The second-order valence-electron chi connectivity index (χ2n) is 7.60. The monoisotopic (exact) mass is 446 g/mol. The topological polar surface area (TPSA) is 9.23 Å². The zero-order valence-electron chi connectivity index (χ0n) is 17.9. The molecule has 0 aliphatic carbocycles. The fraction of sp³-hybridized carbons (Fsp3) is 0.231. The van der Waals surface area contributed by atoms with Crippen molar-refractivity contribution in [2.75, 3.05) is 0 Å². The molecule has 6 heteroatoms. The van der Waals surface area contributed by atoms with Crippen molar-refractivity contribution in [3.05, 3.63) is 100 Å². The van der Waals surface area contributed by atoms with Gasteiger partial charge in [-0.3, -0.25) is 0 Å². The van der Waals surface area contributed by atoms with E-state index in [1.54, 1.807) is 19.1 Å². The van der Waals surface area contributed by atoms with Crippen molar-refractivity contribution >= 4 is 11.7 Å². The van der Waals surface area contributed by atoms with Gasteiger partial charge in [0.05, 0.1) is 5.56 Å². The van der Waals surface area contributed by atoms with Gasteiger partial charge in [0.25, 0.3) is 0 Å². The van der Waals surface area contributed by atoms with E-state index in [0.29, 0.717) is 0 Å². The van der Waals surface area contributed by atoms with Gasteiger partial charge in [-0.2, -0.15) is 4.39 Å². The average Bonchev–Trinajstić information content (AvgIpc) is 2.80. The lowest BCUT2D eigenvalue weighted by atomic mass is 9.95. The van der Waals surface area contributed by atoms with Crippen LogP contribution in [-0.2, 0) is 12.8 Å². The van der Waals surface area contributed by atoms with Crippen LogP contribution in [0.1, 0.15) is 48.9 Å². The molecule has 0 unspecified atom stereocenters. The lowest BCUT2D eigenvalue weighted by molar-refractivity contribution is 0.354. The third-order valence-corrected chi connectivity index (χ3v) is 5.28. The molecule has 0 fully saturated rings. The summed E-state index contributed by atoms with van der Waals surface area (Å²) in [5, 5.41) is 0. The van der Waals surface area contributed by atoms with Crippen LogP contribution < -0.4 is 4.74 Å². The summed E-state index contributed by atoms with van der Waals surface area (Å²) in [6.07, 6.45) is 1.83. The van der Waals surface area contributed by atoms with E-state index in [1.807, 2.05) is 6.92 Å². The Balaban J connectivity index is 2.05. The van der Waals surface area contributed by atoms with E-state index in [1.165, 1.54) is 12.1 Å². The number of hydrogen-bond donors (Lipinski definition) is 0. The molecular formula is C26H23F5O. The van der Waals surface area contributed by atoms with E-state index in [-0.39, 0.29) is 40.9 Å². The van der Waals surface area contributed by atoms with Gasteiger partial charge in [-0.25, -0.2) is 17.6 Å². The summed E-state index contributed by atoms with van der Waals surface area (Å²) >= 11 is 0. The number of benzene rings is 2. The number of allylic oxidation sites excluding steroid dienone is 3. The van der Waals surface area contributed by atoms with Crippen molar-refractivity contribution in [3.8, 4) is 5.75 Å². The van der Waals surface area contributed by atoms with Gasteiger partial charge in [-0.15, -0.1) is 0 Å². The Morgan fingerprint density at radius 2 is 1.66 bits per heavy atom. The van der Waals surface area contributed by atoms with Gasteiger partial charge in [-0.05, 0) is 35.6 Å². The van der Waals surface area contributed by atoms with Crippen LogP contribution in [0.5, 0.6) is 5.75 Å². The van der Waals surface area contributed by atoms with Crippen LogP contribution in [0.2, 0.25) is 0 Å². The van der Waals surface area contributed by atoms with E-state index < -0.39 is 40.4 Å². The zero-order chi connectivity index (χ0) is 23.6. The minimum atomic E-state index is -1.62. The first-order valence-electron chi connectivity index (χ1n) is 10.3. The van der Waals surface area contributed by atoms with Crippen molar-refractivity contribution < 1.29 is 26.7 Å². The highest BCUT2D eigenvalue weighted by Crippen LogP contribution is 2.41. The third kappa shape index (κ3) is 4.40. The summed E-state index contributed by atoms with van der Waals surface area (Å²) in [6.45, 7) is 10.9. The summed E-state index contributed by atoms with van der Waals surface area (Å²) < 4.78 is 78.8. The number of rotatable bonds is 6. The van der Waals surface area contributed by atoms with Crippen molar-refractivity contribution in [2.45, 2.75) is 39.5 Å². The normalized spacial score (nSPS) is 15.7. The Labute approximate surface area is 184 Å². The van der Waals surface area contributed by atoms with E-state index >= 15 is 0 Å². The van der Waals surface area contributed by atoms with Gasteiger partial charge in [0, 0.05) is 17.5 Å². The van der Waals surface area contributed by atoms with Gasteiger partial charge < -0.3 is 4.74 Å². The second-order valence-corrected chi connectivity index (χ2v) is 7.60. The maximum Gasteiger partial charge on any atom is 0.202 e. The summed E-state index contributed by atoms with van der Waals surface area (Å²) in [5.41, 5.74) is 0.280. The van der Waals surface area contributed by atoms with E-state index in [9.17, 15) is 22.0 Å². The molecule has 1 aliphatic rings. The number of halogens is 5. The number of aryl methyl sites for hydroxylation is 1. The molecule has 0 atom stereocenters. The molecule has 168 valence electrons. The van der Waals surface area contributed by atoms with E-state index in [0.717, 1.165) is 24.5 Å². The SMILES string of the molecule is C=C(CC)/C(F)=C1/Oc2c(cc(/C(F)=C(\F)c3ccc(CCC)cc3)c(F)c2F)CC1=C. The molecule has 2 aromatic rings. The molecule has 0 aromatic heterocycles. The van der Waals surface area contributed by atoms with Gasteiger partial charge in [-0.1, -0.05) is 57.7 Å². The summed E-state index contributed by atoms with van der Waals surface area (Å²) in [7, 11) is 0. The van der Waals surface area contributed by atoms with Crippen LogP contribution >= 0.6 is 0 Å². The van der Waals surface area contributed by atoms with Gasteiger partial charge in [0.2, 0.25) is 5.82 Å². The number of ether oxygens (including phenoxy) is 1. The molecule has 0 N–H and O–H groups in total. The fourth-order valence-corrected chi connectivity index (χ4v) is 3.41. The summed E-state index contributed by atoms with van der Waals surface area (Å²) in [4.78, 5) is 0. The molecule has 32 heavy (non-hydrogen) atoms. The van der Waals surface area contributed by atoms with Gasteiger partial charge >= 0.3 is 0 Å². The molecule has 0 saturated carbocycles. The first-order valence-corrected chi connectivity index (χ1v) is 10.3. The molecule has 1 nitrogen and oxygen atoms in total. The first kappa shape index (κ1) is 23.5. The maximum atomic E-state index is 14.9. The van der Waals surface area contributed by atoms with Gasteiger partial charge in [0.15, 0.2) is 34.8 Å². The average molecular weight is 446 g/mol. The van der Waals surface area contributed by atoms with Crippen molar-refractivity contribution in [1.82, 2.24) is 0 Å². The molecule has 0 saturated heterocycles. The second kappa shape index (κ2) is 9.55. The Kier molecular flexibility index (Phi) is 7.02. The first-order chi connectivity index (χ1) is 15.2. The summed E-state index contributed by atoms with van der Waals surface area (Å²) in [5.74, 6) is -7.73. The lowest BCUT2D eigenvalue weighted by Gasteiger charge is -2.24. The summed E-state index contributed by atoms with van der Waals surface area (Å²) in [6, 6.07) is 7.04. The van der Waals surface area contributed by atoms with Crippen LogP contribution in [0.25, 0.3) is 11.7 Å². The molecule has 1 heterocycles. The van der Waals surface area contributed by atoms with E-state index in [4.69, 9.17) is 4.74 Å². The Hall–Kier alpha value is -3.15. The molecular weight excluding hydrogens is 423 g/mol. The number of fused-ring (bicyclic) bond motifs is 1. The Bertz CT molecular complexity index is 1140. The van der Waals surface area contributed by atoms with Crippen LogP contribution in [-0.4, -0.2) is 0 Å². The van der Waals surface area contributed by atoms with Gasteiger partial charge in [0.1, 0.15) is 0 Å². The predicted molar refractivity (Wildman–Crippen MR) is 117 cm³/mol. The molecule has 0 radical (unpaired) electrons. The van der Waals surface area contributed by atoms with Crippen molar-refractivity contribution in [2.24, 2.45) is 0 Å². The Morgan fingerprint density at radius 1 is 1.00 bits per heavy atom. The van der Waals surface area contributed by atoms with Crippen LogP contribution in [0.4, 0.5) is 22.0 Å². The standard InChI is InChI=1S/C26H23F5O/c1-5-7-16-8-10-17(11-9-16)21(28)22(29)19-13-18-12-15(4)25(20(27)14(3)6-2)32-26(18)24(31)23(19)30/h8-11,13H,3-7,12H2,1-2H3/b22-21+,25-20-. The van der Waals surface area contributed by atoms with Crippen molar-refractivity contribution in [1.29, 1.82) is 0 Å². The van der Waals surface area contributed by atoms with E-state index in [2.05, 4.69) is 13.2 Å². The van der Waals surface area contributed by atoms with Crippen LogP contribution in [0, 0.1) is 11.6 Å². The molecule has 0 bridgehead atoms. The quantitative estimate of drug-likeness (QED) is 0.320. The molecule has 0 amide bonds. The fourth-order valence-electron chi connectivity index (χ4n) is 3.41. The zero-order valence-corrected chi connectivity index (χ0v) is 17.9. The number of hydrogen-bond acceptors (Lipinski definition) is 1. The third-order valence-electron chi connectivity index (χ3n) is 5.28. The lowest BCUT2D eigenvalue weighted by Crippen LogP contribution is -2.15. The molecule has 1 aliphatic heterocycles. The van der Waals surface area contributed by atoms with Crippen molar-refractivity contribution in [3.63, 3.8) is 0 Å². The minimum absolute atomic E-state index is 0.0313. The maximum absolute atomic E-state index is 14.9. The highest BCUT2D eigenvalue weighted by molar-refractivity contribution is 5.84. The van der Waals surface area contributed by atoms with Crippen LogP contribution in [0.15, 0.2) is 66.2 Å². The minimum Gasteiger partial charge on any atom is -0.450 e. The predicted octanol–water partition coefficient (Wildman–Crippen LogP) is 8.32. The van der Waals surface area contributed by atoms with Crippen LogP contribution in [0.3, 0.4) is 0 Å². The smallest absolute Gasteiger partial charge is 0.202 e. The highest BCUT2D eigenvalue weighted by atomic mass is 19.2. The Morgan fingerprint density at radius 3 is 2.25 bits per heavy atom. The molecule has 2 aromatic carbocycles. The molecule has 0 spiro atoms.